The molecule has 98 valence electrons. The average Bonchev–Trinajstić information content (AvgIpc) is 2.41. The van der Waals surface area contributed by atoms with Crippen molar-refractivity contribution in [1.82, 2.24) is 0 Å². The summed E-state index contributed by atoms with van der Waals surface area (Å²) in [5, 5.41) is 18.4. The number of phenols is 1. The molecular weight excluding hydrogens is 240 g/mol. The van der Waals surface area contributed by atoms with Crippen LogP contribution in [0, 0.1) is 0 Å². The minimum absolute atomic E-state index is 0.310. The lowest BCUT2D eigenvalue weighted by Crippen LogP contribution is -1.96. The van der Waals surface area contributed by atoms with Crippen molar-refractivity contribution in [2.45, 2.75) is 19.3 Å². The van der Waals surface area contributed by atoms with Gasteiger partial charge in [0.05, 0.1) is 5.56 Å². The van der Waals surface area contributed by atoms with Crippen LogP contribution in [0.1, 0.15) is 27.9 Å². The van der Waals surface area contributed by atoms with Crippen LogP contribution in [-0.2, 0) is 12.8 Å². The number of benzene rings is 2. The molecule has 2 N–H and O–H groups in total. The quantitative estimate of drug-likeness (QED) is 0.863. The lowest BCUT2D eigenvalue weighted by Gasteiger charge is -2.05. The third kappa shape index (κ3) is 3.58. The minimum Gasteiger partial charge on any atom is -0.508 e. The van der Waals surface area contributed by atoms with Gasteiger partial charge < -0.3 is 10.2 Å². The molecule has 3 nitrogen and oxygen atoms in total. The lowest BCUT2D eigenvalue weighted by molar-refractivity contribution is 0.0697. The molecule has 0 unspecified atom stereocenters. The monoisotopic (exact) mass is 256 g/mol. The predicted molar refractivity (Wildman–Crippen MR) is 73.5 cm³/mol. The van der Waals surface area contributed by atoms with Crippen molar-refractivity contribution >= 4 is 5.97 Å². The van der Waals surface area contributed by atoms with Crippen LogP contribution in [-0.4, -0.2) is 16.2 Å². The number of aromatic hydroxyl groups is 1. The van der Waals surface area contributed by atoms with Gasteiger partial charge in [-0.1, -0.05) is 30.3 Å². The van der Waals surface area contributed by atoms with E-state index in [1.807, 2.05) is 30.3 Å². The summed E-state index contributed by atoms with van der Waals surface area (Å²) < 4.78 is 0. The summed E-state index contributed by atoms with van der Waals surface area (Å²) in [5.74, 6) is -0.565. The SMILES string of the molecule is O=C(O)c1ccc(CCCc2ccccc2O)cc1. The number of aromatic carboxylic acids is 1. The fourth-order valence-electron chi connectivity index (χ4n) is 2.02. The highest BCUT2D eigenvalue weighted by Crippen LogP contribution is 2.18. The Hall–Kier alpha value is -2.29. The number of hydrogen-bond acceptors (Lipinski definition) is 2. The third-order valence-corrected chi connectivity index (χ3v) is 3.10. The molecule has 19 heavy (non-hydrogen) atoms. The smallest absolute Gasteiger partial charge is 0.335 e. The van der Waals surface area contributed by atoms with Crippen LogP contribution in [0.5, 0.6) is 5.75 Å². The Morgan fingerprint density at radius 1 is 0.947 bits per heavy atom. The molecule has 0 radical (unpaired) electrons. The van der Waals surface area contributed by atoms with Gasteiger partial charge >= 0.3 is 5.97 Å². The number of hydrogen-bond donors (Lipinski definition) is 2. The first-order valence-electron chi connectivity index (χ1n) is 6.26. The molecule has 0 amide bonds. The van der Waals surface area contributed by atoms with Gasteiger partial charge in [-0.25, -0.2) is 4.79 Å². The minimum atomic E-state index is -0.902. The van der Waals surface area contributed by atoms with E-state index in [1.165, 1.54) is 0 Å². The second kappa shape index (κ2) is 6.05. The van der Waals surface area contributed by atoms with Crippen molar-refractivity contribution in [1.29, 1.82) is 0 Å². The zero-order valence-electron chi connectivity index (χ0n) is 10.5. The Bertz CT molecular complexity index is 558. The summed E-state index contributed by atoms with van der Waals surface area (Å²) in [6.07, 6.45) is 2.60. The first-order valence-corrected chi connectivity index (χ1v) is 6.26. The van der Waals surface area contributed by atoms with Crippen LogP contribution < -0.4 is 0 Å². The molecule has 0 aliphatic carbocycles. The third-order valence-electron chi connectivity index (χ3n) is 3.10. The Morgan fingerprint density at radius 2 is 1.63 bits per heavy atom. The van der Waals surface area contributed by atoms with Gasteiger partial charge in [-0.3, -0.25) is 0 Å². The van der Waals surface area contributed by atoms with Gasteiger partial charge in [0.1, 0.15) is 5.75 Å². The van der Waals surface area contributed by atoms with Crippen LogP contribution >= 0.6 is 0 Å². The molecule has 0 heterocycles. The Balaban J connectivity index is 1.89. The molecule has 0 spiro atoms. The van der Waals surface area contributed by atoms with E-state index in [2.05, 4.69) is 0 Å². The first kappa shape index (κ1) is 13.1. The highest BCUT2D eigenvalue weighted by Gasteiger charge is 2.03. The zero-order chi connectivity index (χ0) is 13.7. The van der Waals surface area contributed by atoms with Crippen molar-refractivity contribution < 1.29 is 15.0 Å². The highest BCUT2D eigenvalue weighted by atomic mass is 16.4. The van der Waals surface area contributed by atoms with E-state index in [0.717, 1.165) is 30.4 Å². The van der Waals surface area contributed by atoms with E-state index in [-0.39, 0.29) is 0 Å². The molecule has 3 heteroatoms. The van der Waals surface area contributed by atoms with E-state index in [9.17, 15) is 9.90 Å². The zero-order valence-corrected chi connectivity index (χ0v) is 10.5. The number of carbonyl (C=O) groups is 1. The number of aryl methyl sites for hydroxylation is 2. The summed E-state index contributed by atoms with van der Waals surface area (Å²) in [6, 6.07) is 14.3. The number of phenolic OH excluding ortho intramolecular Hbond substituents is 1. The van der Waals surface area contributed by atoms with Gasteiger partial charge in [0.25, 0.3) is 0 Å². The van der Waals surface area contributed by atoms with Gasteiger partial charge in [0.2, 0.25) is 0 Å². The fraction of sp³-hybridized carbons (Fsp3) is 0.188. The Labute approximate surface area is 112 Å². The second-order valence-electron chi connectivity index (χ2n) is 4.48. The van der Waals surface area contributed by atoms with Crippen LogP contribution in [0.3, 0.4) is 0 Å². The molecule has 0 bridgehead atoms. The Kier molecular flexibility index (Phi) is 4.18. The number of rotatable bonds is 5. The molecule has 0 aliphatic heterocycles. The Morgan fingerprint density at radius 3 is 2.26 bits per heavy atom. The number of carboxylic acid groups (broad SMARTS) is 1. The first-order chi connectivity index (χ1) is 9.16. The fourth-order valence-corrected chi connectivity index (χ4v) is 2.02. The number of para-hydroxylation sites is 1. The normalized spacial score (nSPS) is 10.3. The van der Waals surface area contributed by atoms with Gasteiger partial charge in [0.15, 0.2) is 0 Å². The van der Waals surface area contributed by atoms with E-state index in [1.54, 1.807) is 18.2 Å². The molecule has 0 saturated carbocycles. The van der Waals surface area contributed by atoms with E-state index in [4.69, 9.17) is 5.11 Å². The van der Waals surface area contributed by atoms with Gasteiger partial charge in [-0.15, -0.1) is 0 Å². The van der Waals surface area contributed by atoms with Crippen LogP contribution in [0.4, 0.5) is 0 Å². The maximum atomic E-state index is 10.7. The molecule has 0 saturated heterocycles. The summed E-state index contributed by atoms with van der Waals surface area (Å²) in [7, 11) is 0. The van der Waals surface area contributed by atoms with Crippen molar-refractivity contribution in [3.63, 3.8) is 0 Å². The molecule has 0 aliphatic rings. The molecule has 2 rings (SSSR count). The molecular formula is C16H16O3. The largest absolute Gasteiger partial charge is 0.508 e. The summed E-state index contributed by atoms with van der Waals surface area (Å²) in [5.41, 5.74) is 2.37. The molecule has 0 atom stereocenters. The lowest BCUT2D eigenvalue weighted by atomic mass is 10.0. The highest BCUT2D eigenvalue weighted by molar-refractivity contribution is 5.87. The predicted octanol–water partition coefficient (Wildman–Crippen LogP) is 3.27. The van der Waals surface area contributed by atoms with Gasteiger partial charge in [-0.2, -0.15) is 0 Å². The maximum absolute atomic E-state index is 10.7. The van der Waals surface area contributed by atoms with Gasteiger partial charge in [0, 0.05) is 0 Å². The standard InChI is InChI=1S/C16H16O3/c17-15-7-2-1-5-13(15)6-3-4-12-8-10-14(11-9-12)16(18)19/h1-2,5,7-11,17H,3-4,6H2,(H,18,19). The molecule has 0 aromatic heterocycles. The maximum Gasteiger partial charge on any atom is 0.335 e. The summed E-state index contributed by atoms with van der Waals surface area (Å²) in [4.78, 5) is 10.7. The van der Waals surface area contributed by atoms with Crippen molar-refractivity contribution in [2.24, 2.45) is 0 Å². The molecule has 0 fully saturated rings. The van der Waals surface area contributed by atoms with Crippen molar-refractivity contribution in [3.05, 3.63) is 65.2 Å². The van der Waals surface area contributed by atoms with Crippen LogP contribution in [0.15, 0.2) is 48.5 Å². The van der Waals surface area contributed by atoms with Crippen LogP contribution in [0.25, 0.3) is 0 Å². The van der Waals surface area contributed by atoms with Crippen molar-refractivity contribution in [3.8, 4) is 5.75 Å². The van der Waals surface area contributed by atoms with E-state index in [0.29, 0.717) is 11.3 Å². The topological polar surface area (TPSA) is 57.5 Å². The summed E-state index contributed by atoms with van der Waals surface area (Å²) in [6.45, 7) is 0. The van der Waals surface area contributed by atoms with E-state index >= 15 is 0 Å². The molecule has 2 aromatic carbocycles. The number of carboxylic acids is 1. The second-order valence-corrected chi connectivity index (χ2v) is 4.48. The average molecular weight is 256 g/mol. The van der Waals surface area contributed by atoms with Crippen molar-refractivity contribution in [2.75, 3.05) is 0 Å². The van der Waals surface area contributed by atoms with Gasteiger partial charge in [-0.05, 0) is 48.6 Å². The van der Waals surface area contributed by atoms with Crippen LogP contribution in [0.2, 0.25) is 0 Å². The molecule has 2 aromatic rings. The van der Waals surface area contributed by atoms with E-state index < -0.39 is 5.97 Å². The summed E-state index contributed by atoms with van der Waals surface area (Å²) >= 11 is 0.